The molecule has 1 amide bonds. The van der Waals surface area contributed by atoms with E-state index in [1.807, 2.05) is 62.4 Å². The fraction of sp³-hybridized carbons (Fsp3) is 0.0870. The molecule has 3 aromatic carbocycles. The highest BCUT2D eigenvalue weighted by atomic mass is 16.4. The van der Waals surface area contributed by atoms with Gasteiger partial charge in [-0.3, -0.25) is 4.79 Å². The number of hydrogen-bond donors (Lipinski definition) is 1. The summed E-state index contributed by atoms with van der Waals surface area (Å²) in [6, 6.07) is 22.7. The summed E-state index contributed by atoms with van der Waals surface area (Å²) in [6.45, 7) is 4.00. The first kappa shape index (κ1) is 17.7. The molecule has 0 radical (unpaired) electrons. The Bertz CT molecular complexity index is 1130. The summed E-state index contributed by atoms with van der Waals surface area (Å²) in [4.78, 5) is 12.4. The van der Waals surface area contributed by atoms with Crippen molar-refractivity contribution in [2.75, 3.05) is 5.32 Å². The van der Waals surface area contributed by atoms with Gasteiger partial charge in [0, 0.05) is 22.4 Å². The molecule has 0 saturated carbocycles. The number of aromatic nitrogens is 2. The Morgan fingerprint density at radius 1 is 0.786 bits per heavy atom. The van der Waals surface area contributed by atoms with Crippen molar-refractivity contribution < 1.29 is 9.21 Å². The van der Waals surface area contributed by atoms with Gasteiger partial charge in [0.15, 0.2) is 0 Å². The third-order valence-electron chi connectivity index (χ3n) is 4.36. The van der Waals surface area contributed by atoms with E-state index >= 15 is 0 Å². The molecule has 1 N–H and O–H groups in total. The zero-order valence-electron chi connectivity index (χ0n) is 15.6. The molecule has 5 heteroatoms. The monoisotopic (exact) mass is 369 g/mol. The van der Waals surface area contributed by atoms with Crippen LogP contribution in [0.15, 0.2) is 77.2 Å². The molecule has 4 aromatic rings. The Balaban J connectivity index is 1.51. The van der Waals surface area contributed by atoms with Gasteiger partial charge in [-0.05, 0) is 67.9 Å². The number of rotatable bonds is 4. The Labute approximate surface area is 163 Å². The summed E-state index contributed by atoms with van der Waals surface area (Å²) in [5, 5.41) is 11.2. The van der Waals surface area contributed by atoms with Crippen LogP contribution in [0, 0.1) is 13.8 Å². The fourth-order valence-corrected chi connectivity index (χ4v) is 2.92. The van der Waals surface area contributed by atoms with Crippen LogP contribution in [0.5, 0.6) is 0 Å². The SMILES string of the molecule is Cc1cccc(NC(=O)c2ccc(-c3nnc(-c4cccc(C)c4)o3)cc2)c1. The van der Waals surface area contributed by atoms with Crippen molar-refractivity contribution in [2.24, 2.45) is 0 Å². The van der Waals surface area contributed by atoms with E-state index in [1.165, 1.54) is 0 Å². The standard InChI is InChI=1S/C23H19N3O2/c1-15-5-3-7-19(13-15)23-26-25-22(28-23)18-11-9-17(10-12-18)21(27)24-20-8-4-6-16(2)14-20/h3-14H,1-2H3,(H,24,27). The number of aryl methyl sites for hydroxylation is 2. The van der Waals surface area contributed by atoms with Crippen molar-refractivity contribution in [2.45, 2.75) is 13.8 Å². The average Bonchev–Trinajstić information content (AvgIpc) is 3.18. The predicted molar refractivity (Wildman–Crippen MR) is 109 cm³/mol. The molecule has 0 aliphatic carbocycles. The van der Waals surface area contributed by atoms with Crippen molar-refractivity contribution in [3.63, 3.8) is 0 Å². The van der Waals surface area contributed by atoms with Crippen LogP contribution < -0.4 is 5.32 Å². The zero-order chi connectivity index (χ0) is 19.5. The molecule has 138 valence electrons. The van der Waals surface area contributed by atoms with Gasteiger partial charge in [-0.25, -0.2) is 0 Å². The highest BCUT2D eigenvalue weighted by Crippen LogP contribution is 2.25. The third-order valence-corrected chi connectivity index (χ3v) is 4.36. The number of benzene rings is 3. The molecule has 0 fully saturated rings. The van der Waals surface area contributed by atoms with E-state index in [2.05, 4.69) is 15.5 Å². The Kier molecular flexibility index (Phi) is 4.72. The largest absolute Gasteiger partial charge is 0.416 e. The van der Waals surface area contributed by atoms with Gasteiger partial charge < -0.3 is 9.73 Å². The first-order valence-electron chi connectivity index (χ1n) is 8.97. The van der Waals surface area contributed by atoms with Crippen LogP contribution in [-0.2, 0) is 0 Å². The van der Waals surface area contributed by atoms with Crippen LogP contribution in [0.4, 0.5) is 5.69 Å². The van der Waals surface area contributed by atoms with E-state index in [0.29, 0.717) is 17.3 Å². The van der Waals surface area contributed by atoms with E-state index in [-0.39, 0.29) is 5.91 Å². The first-order chi connectivity index (χ1) is 13.6. The van der Waals surface area contributed by atoms with Crippen molar-refractivity contribution in [1.82, 2.24) is 10.2 Å². The zero-order valence-corrected chi connectivity index (χ0v) is 15.6. The quantitative estimate of drug-likeness (QED) is 0.532. The molecule has 4 rings (SSSR count). The van der Waals surface area contributed by atoms with Crippen LogP contribution in [0.3, 0.4) is 0 Å². The lowest BCUT2D eigenvalue weighted by molar-refractivity contribution is 0.102. The molecule has 0 bridgehead atoms. The topological polar surface area (TPSA) is 68.0 Å². The third kappa shape index (κ3) is 3.83. The molecule has 0 unspecified atom stereocenters. The molecule has 28 heavy (non-hydrogen) atoms. The van der Waals surface area contributed by atoms with Crippen molar-refractivity contribution >= 4 is 11.6 Å². The lowest BCUT2D eigenvalue weighted by Crippen LogP contribution is -2.11. The second kappa shape index (κ2) is 7.48. The maximum atomic E-state index is 12.4. The van der Waals surface area contributed by atoms with Crippen molar-refractivity contribution in [3.8, 4) is 22.9 Å². The summed E-state index contributed by atoms with van der Waals surface area (Å²) in [7, 11) is 0. The van der Waals surface area contributed by atoms with E-state index < -0.39 is 0 Å². The van der Waals surface area contributed by atoms with Gasteiger partial charge >= 0.3 is 0 Å². The van der Waals surface area contributed by atoms with Gasteiger partial charge in [-0.1, -0.05) is 29.8 Å². The Morgan fingerprint density at radius 3 is 2.11 bits per heavy atom. The Hall–Kier alpha value is -3.73. The minimum Gasteiger partial charge on any atom is -0.416 e. The molecule has 0 aliphatic rings. The minimum atomic E-state index is -0.164. The van der Waals surface area contributed by atoms with Crippen molar-refractivity contribution in [3.05, 3.63) is 89.5 Å². The van der Waals surface area contributed by atoms with Gasteiger partial charge in [-0.15, -0.1) is 10.2 Å². The number of anilines is 1. The first-order valence-corrected chi connectivity index (χ1v) is 8.97. The maximum absolute atomic E-state index is 12.4. The van der Waals surface area contributed by atoms with Crippen LogP contribution >= 0.6 is 0 Å². The normalized spacial score (nSPS) is 10.6. The number of nitrogens with zero attached hydrogens (tertiary/aromatic N) is 2. The van der Waals surface area contributed by atoms with Crippen molar-refractivity contribution in [1.29, 1.82) is 0 Å². The van der Waals surface area contributed by atoms with Crippen LogP contribution in [-0.4, -0.2) is 16.1 Å². The fourth-order valence-electron chi connectivity index (χ4n) is 2.92. The van der Waals surface area contributed by atoms with Crippen LogP contribution in [0.25, 0.3) is 22.9 Å². The van der Waals surface area contributed by atoms with Gasteiger partial charge in [0.05, 0.1) is 0 Å². The molecular formula is C23H19N3O2. The number of amides is 1. The Morgan fingerprint density at radius 2 is 1.43 bits per heavy atom. The van der Waals surface area contributed by atoms with E-state index in [9.17, 15) is 4.79 Å². The molecule has 0 aliphatic heterocycles. The van der Waals surface area contributed by atoms with Gasteiger partial charge in [0.1, 0.15) is 0 Å². The molecule has 5 nitrogen and oxygen atoms in total. The maximum Gasteiger partial charge on any atom is 0.255 e. The molecule has 0 spiro atoms. The number of nitrogens with one attached hydrogen (secondary N) is 1. The summed E-state index contributed by atoms with van der Waals surface area (Å²) < 4.78 is 5.80. The van der Waals surface area contributed by atoms with Gasteiger partial charge in [-0.2, -0.15) is 0 Å². The molecule has 1 aromatic heterocycles. The van der Waals surface area contributed by atoms with Crippen LogP contribution in [0.2, 0.25) is 0 Å². The average molecular weight is 369 g/mol. The van der Waals surface area contributed by atoms with Gasteiger partial charge in [0.25, 0.3) is 5.91 Å². The summed E-state index contributed by atoms with van der Waals surface area (Å²) in [6.07, 6.45) is 0. The van der Waals surface area contributed by atoms with Crippen LogP contribution in [0.1, 0.15) is 21.5 Å². The summed E-state index contributed by atoms with van der Waals surface area (Å²) in [5.41, 5.74) is 5.19. The second-order valence-corrected chi connectivity index (χ2v) is 6.68. The van der Waals surface area contributed by atoms with E-state index in [1.54, 1.807) is 24.3 Å². The number of carbonyl (C=O) groups is 1. The van der Waals surface area contributed by atoms with E-state index in [4.69, 9.17) is 4.42 Å². The second-order valence-electron chi connectivity index (χ2n) is 6.68. The highest BCUT2D eigenvalue weighted by Gasteiger charge is 2.12. The highest BCUT2D eigenvalue weighted by molar-refractivity contribution is 6.04. The molecule has 0 atom stereocenters. The summed E-state index contributed by atoms with van der Waals surface area (Å²) in [5.74, 6) is 0.727. The molecule has 1 heterocycles. The lowest BCUT2D eigenvalue weighted by Gasteiger charge is -2.06. The number of hydrogen-bond acceptors (Lipinski definition) is 4. The molecular weight excluding hydrogens is 350 g/mol. The summed E-state index contributed by atoms with van der Waals surface area (Å²) >= 11 is 0. The van der Waals surface area contributed by atoms with Gasteiger partial charge in [0.2, 0.25) is 11.8 Å². The predicted octanol–water partition coefficient (Wildman–Crippen LogP) is 5.27. The molecule has 0 saturated heterocycles. The van der Waals surface area contributed by atoms with E-state index in [0.717, 1.165) is 27.9 Å². The lowest BCUT2D eigenvalue weighted by atomic mass is 10.1. The number of carbonyl (C=O) groups excluding carboxylic acids is 1. The minimum absolute atomic E-state index is 0.164. The smallest absolute Gasteiger partial charge is 0.255 e.